The van der Waals surface area contributed by atoms with E-state index in [1.165, 1.54) is 44.3 Å². The average molecular weight is 248 g/mol. The van der Waals surface area contributed by atoms with Crippen LogP contribution in [0.5, 0.6) is 0 Å². The Morgan fingerprint density at radius 2 is 2.22 bits per heavy atom. The molecule has 1 atom stereocenters. The molecule has 1 aromatic rings. The highest BCUT2D eigenvalue weighted by Gasteiger charge is 2.26. The molecule has 4 nitrogen and oxygen atoms in total. The molecule has 4 heteroatoms. The molecule has 1 N–H and O–H groups in total. The van der Waals surface area contributed by atoms with E-state index in [2.05, 4.69) is 21.4 Å². The summed E-state index contributed by atoms with van der Waals surface area (Å²) in [6, 6.07) is 3.67. The maximum absolute atomic E-state index is 4.50. The highest BCUT2D eigenvalue weighted by molar-refractivity contribution is 4.99. The minimum absolute atomic E-state index is 0.710. The summed E-state index contributed by atoms with van der Waals surface area (Å²) < 4.78 is 1.90. The number of nitrogens with one attached hydrogen (secondary N) is 1. The molecular formula is C14H24N4. The second kappa shape index (κ2) is 5.41. The summed E-state index contributed by atoms with van der Waals surface area (Å²) in [7, 11) is 1.99. The van der Waals surface area contributed by atoms with Crippen molar-refractivity contribution in [1.29, 1.82) is 0 Å². The van der Waals surface area contributed by atoms with E-state index in [1.54, 1.807) is 0 Å². The molecule has 2 heterocycles. The molecule has 0 spiro atoms. The van der Waals surface area contributed by atoms with E-state index in [0.717, 1.165) is 19.1 Å². The Labute approximate surface area is 109 Å². The largest absolute Gasteiger partial charge is 0.312 e. The maximum atomic E-state index is 4.50. The topological polar surface area (TPSA) is 33.1 Å². The minimum Gasteiger partial charge on any atom is -0.312 e. The Bertz CT molecular complexity index is 383. The average Bonchev–Trinajstić information content (AvgIpc) is 3.12. The fraction of sp³-hybridized carbons (Fsp3) is 0.786. The van der Waals surface area contributed by atoms with Crippen molar-refractivity contribution >= 4 is 0 Å². The van der Waals surface area contributed by atoms with Gasteiger partial charge in [-0.15, -0.1) is 0 Å². The number of likely N-dealkylation sites (tertiary alicyclic amines) is 1. The van der Waals surface area contributed by atoms with Crippen LogP contribution >= 0.6 is 0 Å². The Morgan fingerprint density at radius 1 is 1.33 bits per heavy atom. The van der Waals surface area contributed by atoms with E-state index in [4.69, 9.17) is 0 Å². The van der Waals surface area contributed by atoms with E-state index in [-0.39, 0.29) is 0 Å². The van der Waals surface area contributed by atoms with E-state index < -0.39 is 0 Å². The van der Waals surface area contributed by atoms with Crippen molar-refractivity contribution in [2.45, 2.75) is 50.7 Å². The van der Waals surface area contributed by atoms with Crippen LogP contribution in [0, 0.1) is 0 Å². The van der Waals surface area contributed by atoms with Crippen LogP contribution in [0.25, 0.3) is 0 Å². The number of hydrogen-bond acceptors (Lipinski definition) is 3. The van der Waals surface area contributed by atoms with Gasteiger partial charge in [-0.2, -0.15) is 5.10 Å². The van der Waals surface area contributed by atoms with E-state index in [9.17, 15) is 0 Å². The molecule has 0 bridgehead atoms. The second-order valence-corrected chi connectivity index (χ2v) is 5.78. The molecule has 1 aliphatic carbocycles. The Kier molecular flexibility index (Phi) is 3.66. The number of rotatable bonds is 5. The van der Waals surface area contributed by atoms with Crippen molar-refractivity contribution in [2.75, 3.05) is 13.1 Å². The van der Waals surface area contributed by atoms with E-state index >= 15 is 0 Å². The maximum Gasteiger partial charge on any atom is 0.0764 e. The molecule has 1 saturated heterocycles. The summed E-state index contributed by atoms with van der Waals surface area (Å²) in [5.74, 6) is 0. The lowest BCUT2D eigenvalue weighted by Crippen LogP contribution is -2.45. The SMILES string of the molecule is Cn1ccc(CN2CCCCC2CNC2CC2)n1. The summed E-state index contributed by atoms with van der Waals surface area (Å²) in [5.41, 5.74) is 1.20. The van der Waals surface area contributed by atoms with Gasteiger partial charge in [-0.25, -0.2) is 0 Å². The van der Waals surface area contributed by atoms with Gasteiger partial charge in [0.25, 0.3) is 0 Å². The zero-order valence-electron chi connectivity index (χ0n) is 11.3. The smallest absolute Gasteiger partial charge is 0.0764 e. The van der Waals surface area contributed by atoms with Crippen molar-refractivity contribution in [1.82, 2.24) is 20.0 Å². The lowest BCUT2D eigenvalue weighted by atomic mass is 10.0. The predicted octanol–water partition coefficient (Wildman–Crippen LogP) is 1.53. The molecule has 1 saturated carbocycles. The highest BCUT2D eigenvalue weighted by Crippen LogP contribution is 2.22. The van der Waals surface area contributed by atoms with Crippen LogP contribution in [0.3, 0.4) is 0 Å². The van der Waals surface area contributed by atoms with Crippen LogP contribution in [-0.2, 0) is 13.6 Å². The molecular weight excluding hydrogens is 224 g/mol. The first kappa shape index (κ1) is 12.2. The lowest BCUT2D eigenvalue weighted by Gasteiger charge is -2.35. The Hall–Kier alpha value is -0.870. The van der Waals surface area contributed by atoms with Gasteiger partial charge in [-0.1, -0.05) is 6.42 Å². The molecule has 2 fully saturated rings. The van der Waals surface area contributed by atoms with Crippen LogP contribution in [0.1, 0.15) is 37.8 Å². The van der Waals surface area contributed by atoms with Gasteiger partial charge in [0.1, 0.15) is 0 Å². The van der Waals surface area contributed by atoms with Crippen LogP contribution in [0.15, 0.2) is 12.3 Å². The summed E-state index contributed by atoms with van der Waals surface area (Å²) in [6.07, 6.45) is 8.87. The van der Waals surface area contributed by atoms with Gasteiger partial charge in [0.15, 0.2) is 0 Å². The van der Waals surface area contributed by atoms with Crippen LogP contribution < -0.4 is 5.32 Å². The number of nitrogens with zero attached hydrogens (tertiary/aromatic N) is 3. The predicted molar refractivity (Wildman–Crippen MR) is 72.3 cm³/mol. The van der Waals surface area contributed by atoms with Crippen molar-refractivity contribution in [2.24, 2.45) is 7.05 Å². The number of aromatic nitrogens is 2. The molecule has 0 radical (unpaired) electrons. The quantitative estimate of drug-likeness (QED) is 0.858. The molecule has 0 aromatic carbocycles. The van der Waals surface area contributed by atoms with Crippen molar-refractivity contribution < 1.29 is 0 Å². The lowest BCUT2D eigenvalue weighted by molar-refractivity contribution is 0.135. The molecule has 1 aliphatic heterocycles. The molecule has 100 valence electrons. The van der Waals surface area contributed by atoms with Crippen LogP contribution in [0.2, 0.25) is 0 Å². The minimum atomic E-state index is 0.710. The molecule has 3 rings (SSSR count). The number of piperidine rings is 1. The Morgan fingerprint density at radius 3 is 2.94 bits per heavy atom. The monoisotopic (exact) mass is 248 g/mol. The van der Waals surface area contributed by atoms with Crippen LogP contribution in [-0.4, -0.2) is 39.9 Å². The third-order valence-electron chi connectivity index (χ3n) is 4.10. The summed E-state index contributed by atoms with van der Waals surface area (Å²) in [4.78, 5) is 2.61. The third-order valence-corrected chi connectivity index (χ3v) is 4.10. The zero-order valence-corrected chi connectivity index (χ0v) is 11.3. The van der Waals surface area contributed by atoms with Gasteiger partial charge >= 0.3 is 0 Å². The fourth-order valence-corrected chi connectivity index (χ4v) is 2.85. The molecule has 1 unspecified atom stereocenters. The molecule has 0 amide bonds. The number of hydrogen-bond donors (Lipinski definition) is 1. The first-order valence-electron chi connectivity index (χ1n) is 7.27. The van der Waals surface area contributed by atoms with Crippen molar-refractivity contribution in [3.63, 3.8) is 0 Å². The fourth-order valence-electron chi connectivity index (χ4n) is 2.85. The summed E-state index contributed by atoms with van der Waals surface area (Å²) in [5, 5.41) is 8.18. The normalized spacial score (nSPS) is 25.5. The van der Waals surface area contributed by atoms with Crippen LogP contribution in [0.4, 0.5) is 0 Å². The van der Waals surface area contributed by atoms with Gasteiger partial charge in [-0.3, -0.25) is 9.58 Å². The van der Waals surface area contributed by atoms with Gasteiger partial charge < -0.3 is 5.32 Å². The zero-order chi connectivity index (χ0) is 12.4. The first-order valence-corrected chi connectivity index (χ1v) is 7.27. The third kappa shape index (κ3) is 3.12. The van der Waals surface area contributed by atoms with Gasteiger partial charge in [0.05, 0.1) is 5.69 Å². The summed E-state index contributed by atoms with van der Waals surface area (Å²) in [6.45, 7) is 3.41. The Balaban J connectivity index is 1.56. The van der Waals surface area contributed by atoms with Gasteiger partial charge in [0, 0.05) is 38.4 Å². The molecule has 18 heavy (non-hydrogen) atoms. The second-order valence-electron chi connectivity index (χ2n) is 5.78. The van der Waals surface area contributed by atoms with Crippen molar-refractivity contribution in [3.8, 4) is 0 Å². The number of aryl methyl sites for hydroxylation is 1. The summed E-state index contributed by atoms with van der Waals surface area (Å²) >= 11 is 0. The highest BCUT2D eigenvalue weighted by atomic mass is 15.3. The van der Waals surface area contributed by atoms with E-state index in [1.807, 2.05) is 17.9 Å². The molecule has 1 aromatic heterocycles. The standard InChI is InChI=1S/C14H24N4/c1-17-9-7-13(16-17)11-18-8-3-2-4-14(18)10-15-12-5-6-12/h7,9,12,14-15H,2-6,8,10-11H2,1H3. The van der Waals surface area contributed by atoms with Gasteiger partial charge in [-0.05, 0) is 38.3 Å². The molecule has 2 aliphatic rings. The van der Waals surface area contributed by atoms with E-state index in [0.29, 0.717) is 6.04 Å². The van der Waals surface area contributed by atoms with Crippen molar-refractivity contribution in [3.05, 3.63) is 18.0 Å². The first-order chi connectivity index (χ1) is 8.81. The van der Waals surface area contributed by atoms with Gasteiger partial charge in [0.2, 0.25) is 0 Å².